The molecule has 1 aliphatic rings. The lowest BCUT2D eigenvalue weighted by molar-refractivity contribution is 0.0526. The Morgan fingerprint density at radius 3 is 3.12 bits per heavy atom. The van der Waals surface area contributed by atoms with E-state index in [-0.39, 0.29) is 0 Å². The number of hydrogen-bond donors (Lipinski definition) is 0. The Bertz CT molecular complexity index is 474. The molecule has 16 heavy (non-hydrogen) atoms. The largest absolute Gasteiger partial charge is 0.493 e. The molecule has 4 nitrogen and oxygen atoms in total. The summed E-state index contributed by atoms with van der Waals surface area (Å²) in [5, 5.41) is 8.98. The standard InChI is InChI=1S/C12H11NO3/c1-2-15-12(14)8-5-9(7-13)10-3-4-16-11(10)6-8/h5-6H,2-4H2,1H3. The molecular weight excluding hydrogens is 206 g/mol. The maximum Gasteiger partial charge on any atom is 0.338 e. The summed E-state index contributed by atoms with van der Waals surface area (Å²) in [6.07, 6.45) is 0.724. The van der Waals surface area contributed by atoms with Gasteiger partial charge in [-0.15, -0.1) is 0 Å². The smallest absolute Gasteiger partial charge is 0.338 e. The Kier molecular flexibility index (Phi) is 2.78. The van der Waals surface area contributed by atoms with E-state index < -0.39 is 5.97 Å². The molecule has 0 amide bonds. The first-order valence-electron chi connectivity index (χ1n) is 5.13. The number of fused-ring (bicyclic) bond motifs is 1. The van der Waals surface area contributed by atoms with Gasteiger partial charge in [-0.25, -0.2) is 4.79 Å². The fourth-order valence-corrected chi connectivity index (χ4v) is 1.73. The summed E-state index contributed by atoms with van der Waals surface area (Å²) in [5.74, 6) is 0.208. The lowest BCUT2D eigenvalue weighted by atomic mass is 10.0. The molecule has 0 aliphatic carbocycles. The van der Waals surface area contributed by atoms with Gasteiger partial charge in [0.05, 0.1) is 30.4 Å². The van der Waals surface area contributed by atoms with Crippen molar-refractivity contribution < 1.29 is 14.3 Å². The molecule has 1 aromatic carbocycles. The van der Waals surface area contributed by atoms with Crippen molar-refractivity contribution in [3.63, 3.8) is 0 Å². The van der Waals surface area contributed by atoms with Crippen LogP contribution >= 0.6 is 0 Å². The van der Waals surface area contributed by atoms with Crippen LogP contribution in [0, 0.1) is 11.3 Å². The monoisotopic (exact) mass is 217 g/mol. The molecule has 0 bridgehead atoms. The van der Waals surface area contributed by atoms with Gasteiger partial charge in [-0.3, -0.25) is 0 Å². The van der Waals surface area contributed by atoms with Gasteiger partial charge in [-0.05, 0) is 19.1 Å². The van der Waals surface area contributed by atoms with Crippen LogP contribution in [-0.2, 0) is 11.2 Å². The van der Waals surface area contributed by atoms with E-state index in [0.717, 1.165) is 12.0 Å². The molecule has 0 spiro atoms. The highest BCUT2D eigenvalue weighted by molar-refractivity contribution is 5.90. The van der Waals surface area contributed by atoms with Crippen molar-refractivity contribution in [2.45, 2.75) is 13.3 Å². The van der Waals surface area contributed by atoms with Crippen molar-refractivity contribution in [1.82, 2.24) is 0 Å². The molecular formula is C12H11NO3. The summed E-state index contributed by atoms with van der Waals surface area (Å²) in [6, 6.07) is 5.28. The van der Waals surface area contributed by atoms with Gasteiger partial charge in [0.1, 0.15) is 5.75 Å². The van der Waals surface area contributed by atoms with Crippen LogP contribution in [0.25, 0.3) is 0 Å². The van der Waals surface area contributed by atoms with Gasteiger partial charge in [-0.2, -0.15) is 5.26 Å². The molecule has 0 unspecified atom stereocenters. The van der Waals surface area contributed by atoms with Gasteiger partial charge in [0, 0.05) is 12.0 Å². The number of nitriles is 1. The number of nitrogens with zero attached hydrogens (tertiary/aromatic N) is 1. The minimum absolute atomic E-state index is 0.318. The average Bonchev–Trinajstić information content (AvgIpc) is 2.75. The van der Waals surface area contributed by atoms with Gasteiger partial charge >= 0.3 is 5.97 Å². The molecule has 1 aromatic rings. The third kappa shape index (κ3) is 1.72. The molecule has 0 saturated heterocycles. The fraction of sp³-hybridized carbons (Fsp3) is 0.333. The molecule has 1 heterocycles. The zero-order chi connectivity index (χ0) is 11.5. The van der Waals surface area contributed by atoms with Crippen LogP contribution in [0.5, 0.6) is 5.75 Å². The number of benzene rings is 1. The molecule has 1 aliphatic heterocycles. The first-order chi connectivity index (χ1) is 7.76. The maximum absolute atomic E-state index is 11.5. The Hall–Kier alpha value is -2.02. The molecule has 0 atom stereocenters. The number of ether oxygens (including phenoxy) is 2. The molecule has 0 radical (unpaired) electrons. The van der Waals surface area contributed by atoms with E-state index >= 15 is 0 Å². The summed E-state index contributed by atoms with van der Waals surface area (Å²) >= 11 is 0. The van der Waals surface area contributed by atoms with Crippen molar-refractivity contribution in [3.05, 3.63) is 28.8 Å². The Balaban J connectivity index is 2.43. The number of rotatable bonds is 2. The molecule has 4 heteroatoms. The molecule has 82 valence electrons. The lowest BCUT2D eigenvalue weighted by Gasteiger charge is -2.05. The highest BCUT2D eigenvalue weighted by Crippen LogP contribution is 2.29. The average molecular weight is 217 g/mol. The number of hydrogen-bond acceptors (Lipinski definition) is 4. The van der Waals surface area contributed by atoms with Gasteiger partial charge in [-0.1, -0.05) is 0 Å². The summed E-state index contributed by atoms with van der Waals surface area (Å²) in [7, 11) is 0. The summed E-state index contributed by atoms with van der Waals surface area (Å²) < 4.78 is 10.2. The van der Waals surface area contributed by atoms with Crippen molar-refractivity contribution in [2.24, 2.45) is 0 Å². The number of carbonyl (C=O) groups is 1. The van der Waals surface area contributed by atoms with Crippen LogP contribution < -0.4 is 4.74 Å². The highest BCUT2D eigenvalue weighted by atomic mass is 16.5. The highest BCUT2D eigenvalue weighted by Gasteiger charge is 2.20. The Morgan fingerprint density at radius 2 is 2.44 bits per heavy atom. The lowest BCUT2D eigenvalue weighted by Crippen LogP contribution is -2.05. The van der Waals surface area contributed by atoms with Crippen LogP contribution in [-0.4, -0.2) is 19.2 Å². The summed E-state index contributed by atoms with van der Waals surface area (Å²) in [4.78, 5) is 11.5. The second-order valence-corrected chi connectivity index (χ2v) is 3.43. The maximum atomic E-state index is 11.5. The molecule has 0 N–H and O–H groups in total. The Morgan fingerprint density at radius 1 is 1.62 bits per heavy atom. The van der Waals surface area contributed by atoms with Crippen molar-refractivity contribution in [1.29, 1.82) is 5.26 Å². The Labute approximate surface area is 93.4 Å². The van der Waals surface area contributed by atoms with Crippen molar-refractivity contribution in [2.75, 3.05) is 13.2 Å². The number of carbonyl (C=O) groups excluding carboxylic acids is 1. The zero-order valence-corrected chi connectivity index (χ0v) is 8.95. The third-order valence-electron chi connectivity index (χ3n) is 2.45. The normalized spacial score (nSPS) is 12.5. The van der Waals surface area contributed by atoms with E-state index in [2.05, 4.69) is 6.07 Å². The van der Waals surface area contributed by atoms with E-state index in [1.54, 1.807) is 19.1 Å². The molecule has 0 saturated carbocycles. The first kappa shape index (κ1) is 10.5. The predicted molar refractivity (Wildman–Crippen MR) is 56.3 cm³/mol. The van der Waals surface area contributed by atoms with Crippen molar-refractivity contribution >= 4 is 5.97 Å². The van der Waals surface area contributed by atoms with Crippen LogP contribution in [0.2, 0.25) is 0 Å². The fourth-order valence-electron chi connectivity index (χ4n) is 1.73. The zero-order valence-electron chi connectivity index (χ0n) is 8.95. The van der Waals surface area contributed by atoms with Crippen LogP contribution in [0.15, 0.2) is 12.1 Å². The molecule has 0 aromatic heterocycles. The molecule has 0 fully saturated rings. The van der Waals surface area contributed by atoms with E-state index in [4.69, 9.17) is 14.7 Å². The first-order valence-corrected chi connectivity index (χ1v) is 5.13. The van der Waals surface area contributed by atoms with Gasteiger partial charge in [0.15, 0.2) is 0 Å². The predicted octanol–water partition coefficient (Wildman–Crippen LogP) is 1.67. The molecule has 2 rings (SSSR count). The number of esters is 1. The van der Waals surface area contributed by atoms with E-state index in [0.29, 0.717) is 30.1 Å². The third-order valence-corrected chi connectivity index (χ3v) is 2.45. The van der Waals surface area contributed by atoms with Crippen LogP contribution in [0.3, 0.4) is 0 Å². The van der Waals surface area contributed by atoms with Crippen LogP contribution in [0.1, 0.15) is 28.4 Å². The van der Waals surface area contributed by atoms with Gasteiger partial charge < -0.3 is 9.47 Å². The summed E-state index contributed by atoms with van der Waals surface area (Å²) in [5.41, 5.74) is 1.76. The van der Waals surface area contributed by atoms with Crippen molar-refractivity contribution in [3.8, 4) is 11.8 Å². The minimum Gasteiger partial charge on any atom is -0.493 e. The summed E-state index contributed by atoms with van der Waals surface area (Å²) in [6.45, 7) is 2.63. The second kappa shape index (κ2) is 4.23. The van der Waals surface area contributed by atoms with E-state index in [9.17, 15) is 4.79 Å². The van der Waals surface area contributed by atoms with E-state index in [1.807, 2.05) is 0 Å². The van der Waals surface area contributed by atoms with Gasteiger partial charge in [0.25, 0.3) is 0 Å². The second-order valence-electron chi connectivity index (χ2n) is 3.43. The quantitative estimate of drug-likeness (QED) is 0.707. The van der Waals surface area contributed by atoms with E-state index in [1.165, 1.54) is 0 Å². The van der Waals surface area contributed by atoms with Gasteiger partial charge in [0.2, 0.25) is 0 Å². The SMILES string of the molecule is CCOC(=O)c1cc(C#N)c2c(c1)OCC2. The topological polar surface area (TPSA) is 59.3 Å². The minimum atomic E-state index is -0.419. The van der Waals surface area contributed by atoms with Crippen LogP contribution in [0.4, 0.5) is 0 Å².